The Morgan fingerprint density at radius 1 is 0.735 bits per heavy atom. The Labute approximate surface area is 196 Å². The van der Waals surface area contributed by atoms with Crippen molar-refractivity contribution in [2.45, 2.75) is 52.6 Å². The van der Waals surface area contributed by atoms with Gasteiger partial charge in [0.15, 0.2) is 5.82 Å². The lowest BCUT2D eigenvalue weighted by molar-refractivity contribution is 0.380. The van der Waals surface area contributed by atoms with Gasteiger partial charge >= 0.3 is 0 Å². The van der Waals surface area contributed by atoms with Crippen LogP contribution in [0.2, 0.25) is 0 Å². The van der Waals surface area contributed by atoms with Crippen LogP contribution in [0.1, 0.15) is 38.8 Å². The van der Waals surface area contributed by atoms with Crippen molar-refractivity contribution in [3.05, 3.63) is 71.2 Å². The van der Waals surface area contributed by atoms with E-state index >= 15 is 0 Å². The molecule has 0 aliphatic heterocycles. The maximum Gasteiger partial charge on any atom is 0.278 e. The largest absolute Gasteiger partial charge is 0.461 e. The van der Waals surface area contributed by atoms with E-state index in [0.29, 0.717) is 24.0 Å². The average Bonchev–Trinajstić information content (AvgIpc) is 3.31. The summed E-state index contributed by atoms with van der Waals surface area (Å²) in [6, 6.07) is 6.63. The Kier molecular flexibility index (Phi) is 8.74. The minimum atomic E-state index is -0.754. The molecular weight excluding hydrogens is 448 g/mol. The van der Waals surface area contributed by atoms with E-state index in [2.05, 4.69) is 10.6 Å². The van der Waals surface area contributed by atoms with Gasteiger partial charge in [0.2, 0.25) is 0 Å². The van der Waals surface area contributed by atoms with E-state index in [9.17, 15) is 17.6 Å². The molecule has 4 aromatic rings. The molecule has 2 N–H and O–H groups in total. The van der Waals surface area contributed by atoms with Crippen LogP contribution >= 0.6 is 0 Å². The van der Waals surface area contributed by atoms with Gasteiger partial charge in [-0.3, -0.25) is 0 Å². The lowest BCUT2D eigenvalue weighted by Gasteiger charge is -2.12. The van der Waals surface area contributed by atoms with Crippen LogP contribution in [0.25, 0.3) is 21.9 Å². The summed E-state index contributed by atoms with van der Waals surface area (Å²) in [5, 5.41) is 6.84. The summed E-state index contributed by atoms with van der Waals surface area (Å²) in [6.07, 6.45) is 2.24. The first-order chi connectivity index (χ1) is 16.2. The molecule has 4 rings (SSSR count). The molecule has 0 amide bonds. The first-order valence-electron chi connectivity index (χ1n) is 11.4. The van der Waals surface area contributed by atoms with Crippen molar-refractivity contribution in [2.24, 2.45) is 0 Å². The summed E-state index contributed by atoms with van der Waals surface area (Å²) in [6.45, 7) is 9.71. The molecule has 2 aromatic heterocycles. The third-order valence-corrected chi connectivity index (χ3v) is 5.49. The maximum absolute atomic E-state index is 13.7. The topological polar surface area (TPSA) is 50.3 Å². The van der Waals surface area contributed by atoms with E-state index in [4.69, 9.17) is 8.83 Å². The normalized spacial score (nSPS) is 13.2. The highest BCUT2D eigenvalue weighted by Gasteiger charge is 2.13. The summed E-state index contributed by atoms with van der Waals surface area (Å²) in [5.41, 5.74) is 2.00. The van der Waals surface area contributed by atoms with Crippen LogP contribution in [0.15, 0.2) is 45.4 Å². The van der Waals surface area contributed by atoms with Gasteiger partial charge < -0.3 is 19.5 Å². The summed E-state index contributed by atoms with van der Waals surface area (Å²) >= 11 is 0. The lowest BCUT2D eigenvalue weighted by Crippen LogP contribution is -2.27. The highest BCUT2D eigenvalue weighted by molar-refractivity contribution is 5.79. The van der Waals surface area contributed by atoms with Crippen molar-refractivity contribution in [2.75, 3.05) is 13.1 Å². The van der Waals surface area contributed by atoms with Gasteiger partial charge in [-0.2, -0.15) is 4.39 Å². The number of hydrogen-bond donors (Lipinski definition) is 2. The van der Waals surface area contributed by atoms with Gasteiger partial charge in [0.05, 0.1) is 10.8 Å². The standard InChI is InChI=1S/2C13H15F2NO/c1-3-16-8(2)4-9-5-13-10(6-11(9)14)12(15)7-17-13;1-3-16-8(2)4-9-5-11(14)10-7-13(15)17-12(10)6-9/h2*5-8,16H,3-4H2,1-2H3. The smallest absolute Gasteiger partial charge is 0.278 e. The second kappa shape index (κ2) is 11.5. The molecule has 184 valence electrons. The first-order valence-corrected chi connectivity index (χ1v) is 11.4. The molecule has 0 spiro atoms. The van der Waals surface area contributed by atoms with E-state index < -0.39 is 17.6 Å². The van der Waals surface area contributed by atoms with Crippen LogP contribution < -0.4 is 10.6 Å². The predicted octanol–water partition coefficient (Wildman–Crippen LogP) is 6.50. The maximum atomic E-state index is 13.7. The lowest BCUT2D eigenvalue weighted by atomic mass is 10.0. The molecule has 2 unspecified atom stereocenters. The second-order valence-electron chi connectivity index (χ2n) is 8.39. The Bertz CT molecular complexity index is 1230. The highest BCUT2D eigenvalue weighted by atomic mass is 19.1. The summed E-state index contributed by atoms with van der Waals surface area (Å²) in [5.74, 6) is -1.35. The van der Waals surface area contributed by atoms with Crippen LogP contribution in [0.4, 0.5) is 17.6 Å². The molecule has 2 atom stereocenters. The Morgan fingerprint density at radius 2 is 1.38 bits per heavy atom. The fourth-order valence-electron chi connectivity index (χ4n) is 3.98. The van der Waals surface area contributed by atoms with E-state index in [1.807, 2.05) is 27.7 Å². The van der Waals surface area contributed by atoms with Crippen LogP contribution in [-0.4, -0.2) is 25.2 Å². The molecular formula is C26H30F4N2O2. The number of likely N-dealkylation sites (N-methyl/N-ethyl adjacent to an activating group) is 2. The van der Waals surface area contributed by atoms with Crippen molar-refractivity contribution in [1.82, 2.24) is 10.6 Å². The van der Waals surface area contributed by atoms with Gasteiger partial charge in [-0.15, -0.1) is 0 Å². The molecule has 8 heteroatoms. The first kappa shape index (κ1) is 25.8. The Balaban J connectivity index is 0.000000191. The molecule has 0 fully saturated rings. The van der Waals surface area contributed by atoms with Gasteiger partial charge in [-0.25, -0.2) is 13.2 Å². The van der Waals surface area contributed by atoms with Gasteiger partial charge in [0, 0.05) is 18.2 Å². The zero-order chi connectivity index (χ0) is 24.8. The summed E-state index contributed by atoms with van der Waals surface area (Å²) in [7, 11) is 0. The van der Waals surface area contributed by atoms with E-state index in [1.54, 1.807) is 12.1 Å². The molecule has 0 radical (unpaired) electrons. The average molecular weight is 479 g/mol. The Morgan fingerprint density at radius 3 is 2.06 bits per heavy atom. The molecule has 0 bridgehead atoms. The number of furan rings is 2. The fourth-order valence-corrected chi connectivity index (χ4v) is 3.98. The number of nitrogens with one attached hydrogen (secondary N) is 2. The third-order valence-electron chi connectivity index (χ3n) is 5.49. The highest BCUT2D eigenvalue weighted by Crippen LogP contribution is 2.25. The molecule has 0 aliphatic rings. The fraction of sp³-hybridized carbons (Fsp3) is 0.385. The zero-order valence-corrected chi connectivity index (χ0v) is 19.8. The number of halogens is 4. The molecule has 2 aromatic carbocycles. The van der Waals surface area contributed by atoms with Crippen molar-refractivity contribution in [3.8, 4) is 0 Å². The zero-order valence-electron chi connectivity index (χ0n) is 19.8. The molecule has 0 saturated heterocycles. The van der Waals surface area contributed by atoms with Gasteiger partial charge in [0.1, 0.15) is 29.1 Å². The van der Waals surface area contributed by atoms with E-state index in [0.717, 1.165) is 31.0 Å². The van der Waals surface area contributed by atoms with Gasteiger partial charge in [0.25, 0.3) is 6.01 Å². The predicted molar refractivity (Wildman–Crippen MR) is 126 cm³/mol. The van der Waals surface area contributed by atoms with E-state index in [1.165, 1.54) is 12.1 Å². The molecule has 0 aliphatic carbocycles. The summed E-state index contributed by atoms with van der Waals surface area (Å²) < 4.78 is 63.3. The van der Waals surface area contributed by atoms with Crippen LogP contribution in [0, 0.1) is 23.5 Å². The van der Waals surface area contributed by atoms with Crippen LogP contribution in [0.5, 0.6) is 0 Å². The number of benzene rings is 2. The van der Waals surface area contributed by atoms with Crippen LogP contribution in [-0.2, 0) is 12.8 Å². The molecule has 4 nitrogen and oxygen atoms in total. The Hall–Kier alpha value is -2.84. The van der Waals surface area contributed by atoms with Crippen LogP contribution in [0.3, 0.4) is 0 Å². The molecule has 0 saturated carbocycles. The van der Waals surface area contributed by atoms with Gasteiger partial charge in [-0.1, -0.05) is 13.8 Å². The van der Waals surface area contributed by atoms with Crippen molar-refractivity contribution in [3.63, 3.8) is 0 Å². The SMILES string of the molecule is CCNC(C)Cc1cc(F)c2cc(F)oc2c1.CCNC(C)Cc1cc2occ(F)c2cc1F. The molecule has 34 heavy (non-hydrogen) atoms. The van der Waals surface area contributed by atoms with Crippen molar-refractivity contribution >= 4 is 21.9 Å². The van der Waals surface area contributed by atoms with Gasteiger partial charge in [-0.05, 0) is 75.2 Å². The summed E-state index contributed by atoms with van der Waals surface area (Å²) in [4.78, 5) is 0. The minimum absolute atomic E-state index is 0.173. The number of fused-ring (bicyclic) bond motifs is 2. The second-order valence-corrected chi connectivity index (χ2v) is 8.39. The minimum Gasteiger partial charge on any atom is -0.461 e. The monoisotopic (exact) mass is 478 g/mol. The van der Waals surface area contributed by atoms with Crippen molar-refractivity contribution in [1.29, 1.82) is 0 Å². The number of rotatable bonds is 8. The van der Waals surface area contributed by atoms with E-state index in [-0.39, 0.29) is 34.3 Å². The third kappa shape index (κ3) is 6.39. The number of hydrogen-bond acceptors (Lipinski definition) is 4. The quantitative estimate of drug-likeness (QED) is 0.284. The van der Waals surface area contributed by atoms with Crippen molar-refractivity contribution < 1.29 is 26.4 Å². The molecule has 2 heterocycles.